The number of ether oxygens (including phenoxy) is 4. The van der Waals surface area contributed by atoms with E-state index in [2.05, 4.69) is 10.3 Å². The van der Waals surface area contributed by atoms with Gasteiger partial charge in [-0.25, -0.2) is 9.37 Å². The Bertz CT molecular complexity index is 1050. The van der Waals surface area contributed by atoms with Crippen LogP contribution in [0, 0.1) is 5.82 Å². The van der Waals surface area contributed by atoms with Gasteiger partial charge in [-0.15, -0.1) is 11.3 Å². The third-order valence-electron chi connectivity index (χ3n) is 4.26. The van der Waals surface area contributed by atoms with E-state index in [0.29, 0.717) is 52.4 Å². The summed E-state index contributed by atoms with van der Waals surface area (Å²) >= 11 is 1.24. The van der Waals surface area contributed by atoms with E-state index in [0.717, 1.165) is 0 Å². The molecule has 1 aliphatic heterocycles. The average Bonchev–Trinajstić information content (AvgIpc) is 3.21. The topological polar surface area (TPSA) is 78.9 Å². The SMILES string of the molecule is COc1ccc(-c2csc(NC(=O)c3cc(OC)c4c(c3)OCCO4)n2)cc1F. The summed E-state index contributed by atoms with van der Waals surface area (Å²) in [5, 5.41) is 4.86. The van der Waals surface area contributed by atoms with Crippen molar-refractivity contribution < 1.29 is 28.1 Å². The molecule has 2 aromatic carbocycles. The molecule has 0 aliphatic carbocycles. The summed E-state index contributed by atoms with van der Waals surface area (Å²) in [5.41, 5.74) is 1.48. The Morgan fingerprint density at radius 3 is 2.69 bits per heavy atom. The highest BCUT2D eigenvalue weighted by Gasteiger charge is 2.21. The molecule has 2 heterocycles. The third-order valence-corrected chi connectivity index (χ3v) is 5.02. The van der Waals surface area contributed by atoms with Gasteiger partial charge in [0.1, 0.15) is 13.2 Å². The highest BCUT2D eigenvalue weighted by molar-refractivity contribution is 7.14. The molecule has 0 radical (unpaired) electrons. The molecule has 150 valence electrons. The Morgan fingerprint density at radius 1 is 1.14 bits per heavy atom. The lowest BCUT2D eigenvalue weighted by atomic mass is 10.1. The number of thiazole rings is 1. The number of carbonyl (C=O) groups is 1. The van der Waals surface area contributed by atoms with Crippen molar-refractivity contribution in [3.8, 4) is 34.3 Å². The minimum Gasteiger partial charge on any atom is -0.494 e. The molecule has 9 heteroatoms. The summed E-state index contributed by atoms with van der Waals surface area (Å²) in [5.74, 6) is 0.655. The second-order valence-corrected chi connectivity index (χ2v) is 6.90. The molecule has 0 saturated carbocycles. The number of anilines is 1. The van der Waals surface area contributed by atoms with Crippen LogP contribution in [-0.4, -0.2) is 38.3 Å². The summed E-state index contributed by atoms with van der Waals surface area (Å²) in [6.07, 6.45) is 0. The normalized spacial score (nSPS) is 12.4. The molecule has 0 unspecified atom stereocenters. The Hall–Kier alpha value is -3.33. The lowest BCUT2D eigenvalue weighted by molar-refractivity contribution is 0.102. The number of fused-ring (bicyclic) bond motifs is 1. The first-order chi connectivity index (χ1) is 14.1. The number of nitrogens with one attached hydrogen (secondary N) is 1. The van der Waals surface area contributed by atoms with Crippen molar-refractivity contribution in [2.45, 2.75) is 0 Å². The van der Waals surface area contributed by atoms with Crippen LogP contribution in [0.5, 0.6) is 23.0 Å². The fraction of sp³-hybridized carbons (Fsp3) is 0.200. The van der Waals surface area contributed by atoms with Gasteiger partial charge in [0, 0.05) is 16.5 Å². The third kappa shape index (κ3) is 3.81. The maximum absolute atomic E-state index is 13.9. The molecule has 7 nitrogen and oxygen atoms in total. The van der Waals surface area contributed by atoms with E-state index in [-0.39, 0.29) is 11.7 Å². The van der Waals surface area contributed by atoms with Gasteiger partial charge in [0.25, 0.3) is 5.91 Å². The fourth-order valence-corrected chi connectivity index (χ4v) is 3.58. The van der Waals surface area contributed by atoms with Gasteiger partial charge in [0.2, 0.25) is 5.75 Å². The predicted octanol–water partition coefficient (Wildman–Crippen LogP) is 3.99. The zero-order valence-electron chi connectivity index (χ0n) is 15.7. The van der Waals surface area contributed by atoms with Crippen LogP contribution in [0.3, 0.4) is 0 Å². The van der Waals surface area contributed by atoms with Crippen LogP contribution in [0.15, 0.2) is 35.7 Å². The smallest absolute Gasteiger partial charge is 0.257 e. The Labute approximate surface area is 170 Å². The number of rotatable bonds is 5. The second-order valence-electron chi connectivity index (χ2n) is 6.04. The number of amides is 1. The van der Waals surface area contributed by atoms with Gasteiger partial charge in [0.15, 0.2) is 28.2 Å². The van der Waals surface area contributed by atoms with Crippen LogP contribution in [0.25, 0.3) is 11.3 Å². The lowest BCUT2D eigenvalue weighted by Crippen LogP contribution is -2.18. The van der Waals surface area contributed by atoms with E-state index in [9.17, 15) is 9.18 Å². The van der Waals surface area contributed by atoms with Crippen LogP contribution < -0.4 is 24.3 Å². The Morgan fingerprint density at radius 2 is 1.93 bits per heavy atom. The summed E-state index contributed by atoms with van der Waals surface area (Å²) in [6, 6.07) is 7.75. The molecule has 1 N–H and O–H groups in total. The molecular weight excluding hydrogens is 399 g/mol. The molecular formula is C20H17FN2O5S. The Balaban J connectivity index is 1.55. The zero-order chi connectivity index (χ0) is 20.4. The van der Waals surface area contributed by atoms with Crippen molar-refractivity contribution in [2.24, 2.45) is 0 Å². The molecule has 3 aromatic rings. The molecule has 4 rings (SSSR count). The summed E-state index contributed by atoms with van der Waals surface area (Å²) in [7, 11) is 2.90. The van der Waals surface area contributed by atoms with Gasteiger partial charge in [-0.2, -0.15) is 0 Å². The maximum atomic E-state index is 13.9. The molecule has 0 atom stereocenters. The molecule has 0 fully saturated rings. The molecule has 0 bridgehead atoms. The molecule has 29 heavy (non-hydrogen) atoms. The molecule has 0 spiro atoms. The van der Waals surface area contributed by atoms with Gasteiger partial charge < -0.3 is 18.9 Å². The number of aromatic nitrogens is 1. The standard InChI is InChI=1S/C20H17FN2O5S/c1-25-15-4-3-11(7-13(15)21)14-10-29-20(22-14)23-19(24)12-8-16(26-2)18-17(9-12)27-5-6-28-18/h3-4,7-10H,5-6H2,1-2H3,(H,22,23,24). The number of halogens is 1. The highest BCUT2D eigenvalue weighted by Crippen LogP contribution is 2.40. The fourth-order valence-electron chi connectivity index (χ4n) is 2.86. The van der Waals surface area contributed by atoms with Crippen molar-refractivity contribution in [3.05, 3.63) is 47.1 Å². The monoisotopic (exact) mass is 416 g/mol. The first kappa shape index (κ1) is 19.0. The van der Waals surface area contributed by atoms with Crippen molar-refractivity contribution >= 4 is 22.4 Å². The van der Waals surface area contributed by atoms with Gasteiger partial charge in [0.05, 0.1) is 19.9 Å². The van der Waals surface area contributed by atoms with E-state index >= 15 is 0 Å². The van der Waals surface area contributed by atoms with Crippen molar-refractivity contribution in [3.63, 3.8) is 0 Å². The number of carbonyl (C=O) groups excluding carboxylic acids is 1. The summed E-state index contributed by atoms with van der Waals surface area (Å²) in [6.45, 7) is 0.818. The van der Waals surface area contributed by atoms with Gasteiger partial charge in [-0.1, -0.05) is 0 Å². The van der Waals surface area contributed by atoms with E-state index in [1.807, 2.05) is 0 Å². The van der Waals surface area contributed by atoms with Crippen LogP contribution in [-0.2, 0) is 0 Å². The number of hydrogen-bond acceptors (Lipinski definition) is 7. The Kier molecular flexibility index (Phi) is 5.22. The van der Waals surface area contributed by atoms with Crippen molar-refractivity contribution in [1.82, 2.24) is 4.98 Å². The number of benzene rings is 2. The van der Waals surface area contributed by atoms with E-state index in [1.165, 1.54) is 37.7 Å². The molecule has 0 saturated heterocycles. The van der Waals surface area contributed by atoms with Gasteiger partial charge in [-0.3, -0.25) is 10.1 Å². The van der Waals surface area contributed by atoms with E-state index in [1.54, 1.807) is 23.6 Å². The lowest BCUT2D eigenvalue weighted by Gasteiger charge is -2.21. The van der Waals surface area contributed by atoms with E-state index < -0.39 is 5.82 Å². The summed E-state index contributed by atoms with van der Waals surface area (Å²) in [4.78, 5) is 17.0. The molecule has 1 amide bonds. The highest BCUT2D eigenvalue weighted by atomic mass is 32.1. The van der Waals surface area contributed by atoms with Crippen LogP contribution in [0.2, 0.25) is 0 Å². The largest absolute Gasteiger partial charge is 0.494 e. The average molecular weight is 416 g/mol. The van der Waals surface area contributed by atoms with Crippen molar-refractivity contribution in [2.75, 3.05) is 32.8 Å². The number of nitrogens with zero attached hydrogens (tertiary/aromatic N) is 1. The first-order valence-electron chi connectivity index (χ1n) is 8.67. The predicted molar refractivity (Wildman–Crippen MR) is 106 cm³/mol. The van der Waals surface area contributed by atoms with Crippen LogP contribution in [0.1, 0.15) is 10.4 Å². The minimum absolute atomic E-state index is 0.157. The zero-order valence-corrected chi connectivity index (χ0v) is 16.5. The second kappa shape index (κ2) is 7.96. The van der Waals surface area contributed by atoms with Gasteiger partial charge in [-0.05, 0) is 30.3 Å². The number of hydrogen-bond donors (Lipinski definition) is 1. The quantitative estimate of drug-likeness (QED) is 0.678. The molecule has 1 aliphatic rings. The summed E-state index contributed by atoms with van der Waals surface area (Å²) < 4.78 is 35.3. The van der Waals surface area contributed by atoms with Gasteiger partial charge >= 0.3 is 0 Å². The maximum Gasteiger partial charge on any atom is 0.257 e. The van der Waals surface area contributed by atoms with Crippen LogP contribution >= 0.6 is 11.3 Å². The van der Waals surface area contributed by atoms with Crippen molar-refractivity contribution in [1.29, 1.82) is 0 Å². The molecule has 1 aromatic heterocycles. The van der Waals surface area contributed by atoms with E-state index in [4.69, 9.17) is 18.9 Å². The number of methoxy groups -OCH3 is 2. The first-order valence-corrected chi connectivity index (χ1v) is 9.55. The minimum atomic E-state index is -0.480. The van der Waals surface area contributed by atoms with Crippen LogP contribution in [0.4, 0.5) is 9.52 Å².